The zero-order valence-corrected chi connectivity index (χ0v) is 41.2. The fraction of sp³-hybridized carbons (Fsp3) is 0.625. The van der Waals surface area contributed by atoms with Gasteiger partial charge in [-0.15, -0.1) is 4.33 Å². The Kier molecular flexibility index (Phi) is 21.1. The zero-order chi connectivity index (χ0) is 45.2. The number of ether oxygens (including phenoxy) is 3. The van der Waals surface area contributed by atoms with Crippen LogP contribution >= 0.6 is 12.0 Å². The molecule has 62 heavy (non-hydrogen) atoms. The van der Waals surface area contributed by atoms with Crippen LogP contribution in [-0.4, -0.2) is 80.4 Å². The molecule has 3 aromatic carbocycles. The van der Waals surface area contributed by atoms with E-state index in [1.165, 1.54) is 29.2 Å². The second-order valence-corrected chi connectivity index (χ2v) is 27.4. The minimum atomic E-state index is -4.02. The highest BCUT2D eigenvalue weighted by Crippen LogP contribution is 2.41. The molecule has 1 aliphatic heterocycles. The van der Waals surface area contributed by atoms with Crippen LogP contribution in [0.25, 0.3) is 0 Å². The van der Waals surface area contributed by atoms with Gasteiger partial charge in [0, 0.05) is 42.9 Å². The number of rotatable bonds is 29. The maximum atomic E-state index is 11.2. The van der Waals surface area contributed by atoms with E-state index < -0.39 is 18.2 Å². The van der Waals surface area contributed by atoms with Crippen LogP contribution in [0.3, 0.4) is 0 Å². The molecule has 0 saturated carbocycles. The van der Waals surface area contributed by atoms with Gasteiger partial charge in [0.1, 0.15) is 17.2 Å². The van der Waals surface area contributed by atoms with E-state index in [0.717, 1.165) is 74.9 Å². The Hall–Kier alpha value is -2.66. The quantitative estimate of drug-likeness (QED) is 0.0171. The van der Waals surface area contributed by atoms with Crippen molar-refractivity contribution in [2.75, 3.05) is 37.9 Å². The van der Waals surface area contributed by atoms with Gasteiger partial charge >= 0.3 is 0 Å². The molecule has 2 N–H and O–H groups in total. The van der Waals surface area contributed by atoms with Crippen LogP contribution in [0.2, 0.25) is 25.7 Å². The molecule has 3 aromatic rings. The lowest BCUT2D eigenvalue weighted by atomic mass is 9.81. The number of piperidine rings is 1. The van der Waals surface area contributed by atoms with Gasteiger partial charge in [0.2, 0.25) is 0 Å². The largest absolute Gasteiger partial charge is 0.494 e. The molecule has 0 spiro atoms. The third-order valence-corrected chi connectivity index (χ3v) is 15.1. The van der Waals surface area contributed by atoms with Gasteiger partial charge in [-0.25, -0.2) is 5.26 Å². The molecule has 11 nitrogen and oxygen atoms in total. The Bertz CT molecular complexity index is 1860. The average molecular weight is 918 g/mol. The third-order valence-electron chi connectivity index (χ3n) is 11.8. The monoisotopic (exact) mass is 917 g/mol. The van der Waals surface area contributed by atoms with E-state index in [1.807, 2.05) is 24.3 Å². The summed E-state index contributed by atoms with van der Waals surface area (Å²) in [5.41, 5.74) is 3.42. The maximum absolute atomic E-state index is 11.2. The first-order chi connectivity index (χ1) is 29.3. The average Bonchev–Trinajstić information content (AvgIpc) is 3.20. The molecule has 0 amide bonds. The fourth-order valence-electron chi connectivity index (χ4n) is 8.61. The van der Waals surface area contributed by atoms with Gasteiger partial charge in [-0.3, -0.25) is 9.39 Å². The first-order valence-electron chi connectivity index (χ1n) is 22.5. The van der Waals surface area contributed by atoms with Gasteiger partial charge in [-0.05, 0) is 150 Å². The Morgan fingerprint density at radius 1 is 0.742 bits per heavy atom. The Morgan fingerprint density at radius 3 is 1.84 bits per heavy atom. The lowest BCUT2D eigenvalue weighted by Crippen LogP contribution is -2.58. The van der Waals surface area contributed by atoms with Gasteiger partial charge in [0.25, 0.3) is 10.1 Å². The first kappa shape index (κ1) is 52.0. The highest BCUT2D eigenvalue weighted by Gasteiger charge is 2.43. The summed E-state index contributed by atoms with van der Waals surface area (Å²) < 4.78 is 54.4. The van der Waals surface area contributed by atoms with Crippen molar-refractivity contribution in [1.29, 1.82) is 0 Å². The van der Waals surface area contributed by atoms with Crippen LogP contribution in [0.5, 0.6) is 17.2 Å². The van der Waals surface area contributed by atoms with Crippen LogP contribution in [0.15, 0.2) is 72.8 Å². The Balaban J connectivity index is 1.58. The molecule has 0 aliphatic carbocycles. The summed E-state index contributed by atoms with van der Waals surface area (Å²) in [6, 6.07) is 26.4. The van der Waals surface area contributed by atoms with Crippen molar-refractivity contribution < 1.29 is 46.6 Å². The minimum Gasteiger partial charge on any atom is -0.494 e. The molecular weight excluding hydrogens is 843 g/mol. The van der Waals surface area contributed by atoms with Crippen molar-refractivity contribution in [3.8, 4) is 17.2 Å². The lowest BCUT2D eigenvalue weighted by Gasteiger charge is -2.51. The van der Waals surface area contributed by atoms with Crippen molar-refractivity contribution in [2.45, 2.75) is 153 Å². The molecule has 0 bridgehead atoms. The number of hydroxylamine groups is 2. The standard InChI is InChI=1S/C48H75NO10S2Si/c1-38(39-18-10-22-44(34-39)55-28-15-31-61(51,52)53)17-9-19-40(41-20-11-23-45(35-41)56-29-16-32-62(6,7)8)33-43(37-57-49-47(2,3)25-13-26-48(49,4)5)42-21-12-24-46(36-42)54-27-14-30-60-59-58-50/h10-12,18,20-24,34-36,38,40,43,50H,9,13-17,19,25-33,37H2,1-8H3,(H,51,52,53). The number of hydrogen-bond acceptors (Lipinski definition) is 11. The molecule has 1 saturated heterocycles. The van der Waals surface area contributed by atoms with E-state index in [1.54, 1.807) is 0 Å². The summed E-state index contributed by atoms with van der Waals surface area (Å²) in [7, 11) is -5.17. The number of benzene rings is 3. The van der Waals surface area contributed by atoms with Crippen LogP contribution in [0.4, 0.5) is 0 Å². The van der Waals surface area contributed by atoms with Crippen LogP contribution in [0.1, 0.15) is 133 Å². The topological polar surface area (TPSA) is 133 Å². The van der Waals surface area contributed by atoms with Crippen LogP contribution in [-0.2, 0) is 24.3 Å². The van der Waals surface area contributed by atoms with Crippen molar-refractivity contribution in [1.82, 2.24) is 5.06 Å². The number of hydrogen-bond donors (Lipinski definition) is 2. The van der Waals surface area contributed by atoms with Gasteiger partial charge in [0.05, 0.1) is 32.2 Å². The van der Waals surface area contributed by atoms with E-state index >= 15 is 0 Å². The molecule has 3 atom stereocenters. The molecule has 4 rings (SSSR count). The summed E-state index contributed by atoms with van der Waals surface area (Å²) in [4.78, 5) is 6.99. The Labute approximate surface area is 378 Å². The summed E-state index contributed by atoms with van der Waals surface area (Å²) in [6.07, 6.45) is 9.14. The highest BCUT2D eigenvalue weighted by atomic mass is 32.2. The smallest absolute Gasteiger partial charge is 0.264 e. The summed E-state index contributed by atoms with van der Waals surface area (Å²) >= 11 is 1.03. The molecule has 1 fully saturated rings. The normalized spacial score (nSPS) is 17.0. The van der Waals surface area contributed by atoms with Crippen molar-refractivity contribution in [3.63, 3.8) is 0 Å². The highest BCUT2D eigenvalue weighted by molar-refractivity contribution is 7.94. The third kappa shape index (κ3) is 18.8. The van der Waals surface area contributed by atoms with Gasteiger partial charge < -0.3 is 14.2 Å². The van der Waals surface area contributed by atoms with E-state index in [-0.39, 0.29) is 47.6 Å². The van der Waals surface area contributed by atoms with E-state index in [0.29, 0.717) is 31.3 Å². The molecule has 1 aliphatic rings. The fourth-order valence-corrected chi connectivity index (χ4v) is 10.6. The maximum Gasteiger partial charge on any atom is 0.264 e. The summed E-state index contributed by atoms with van der Waals surface area (Å²) in [5.74, 6) is 3.26. The summed E-state index contributed by atoms with van der Waals surface area (Å²) in [5, 5.41) is 14.4. The van der Waals surface area contributed by atoms with E-state index in [2.05, 4.69) is 117 Å². The van der Waals surface area contributed by atoms with Gasteiger partial charge in [-0.1, -0.05) is 80.5 Å². The van der Waals surface area contributed by atoms with Crippen LogP contribution in [0, 0.1) is 0 Å². The molecule has 0 radical (unpaired) electrons. The van der Waals surface area contributed by atoms with Crippen LogP contribution < -0.4 is 14.2 Å². The molecule has 3 unspecified atom stereocenters. The zero-order valence-electron chi connectivity index (χ0n) is 38.6. The van der Waals surface area contributed by atoms with E-state index in [4.69, 9.17) is 28.9 Å². The number of nitrogens with zero attached hydrogens (tertiary/aromatic N) is 1. The molecule has 0 aromatic heterocycles. The molecule has 1 heterocycles. The first-order valence-corrected chi connectivity index (χ1v) is 28.7. The van der Waals surface area contributed by atoms with Gasteiger partial charge in [-0.2, -0.15) is 13.5 Å². The van der Waals surface area contributed by atoms with Crippen molar-refractivity contribution in [3.05, 3.63) is 89.5 Å². The molecular formula is C48H75NO10S2Si. The van der Waals surface area contributed by atoms with Crippen molar-refractivity contribution in [2.24, 2.45) is 0 Å². The van der Waals surface area contributed by atoms with Crippen molar-refractivity contribution >= 4 is 30.2 Å². The lowest BCUT2D eigenvalue weighted by molar-refractivity contribution is -0.432. The Morgan fingerprint density at radius 2 is 1.27 bits per heavy atom. The molecule has 14 heteroatoms. The SMILES string of the molecule is CC(CCCC(CC(CON1C(C)(C)CCCC1(C)C)c1cccc(OCCCSOOO)c1)c1cccc(OCCC[Si](C)(C)C)c1)c1cccc(OCCCS(=O)(=O)O)c1. The van der Waals surface area contributed by atoms with E-state index in [9.17, 15) is 8.42 Å². The summed E-state index contributed by atoms with van der Waals surface area (Å²) in [6.45, 7) is 20.6. The predicted molar refractivity (Wildman–Crippen MR) is 254 cm³/mol. The predicted octanol–water partition coefficient (Wildman–Crippen LogP) is 12.5. The second-order valence-electron chi connectivity index (χ2n) is 19.4. The second kappa shape index (κ2) is 25.1. The minimum absolute atomic E-state index is 0.0659. The van der Waals surface area contributed by atoms with Gasteiger partial charge in [0.15, 0.2) is 0 Å². The molecule has 348 valence electrons.